The van der Waals surface area contributed by atoms with Gasteiger partial charge in [0.2, 0.25) is 0 Å². The first kappa shape index (κ1) is 11.9. The zero-order chi connectivity index (χ0) is 13.6. The maximum atomic E-state index is 5.87. The topological polar surface area (TPSA) is 62.3 Å². The Hall–Kier alpha value is -2.17. The van der Waals surface area contributed by atoms with Crippen LogP contribution < -0.4 is 15.2 Å². The van der Waals surface area contributed by atoms with Gasteiger partial charge in [0.25, 0.3) is 0 Å². The van der Waals surface area contributed by atoms with Crippen molar-refractivity contribution in [2.24, 2.45) is 7.05 Å². The minimum Gasteiger partial charge on any atom is -0.486 e. The number of aryl methyl sites for hydroxylation is 2. The molecule has 0 spiro atoms. The molecular formula is C14H17N3O2. The largest absolute Gasteiger partial charge is 0.486 e. The molecule has 0 saturated carbocycles. The number of aromatic nitrogens is 2. The molecule has 1 aliphatic heterocycles. The number of ether oxygens (including phenoxy) is 2. The summed E-state index contributed by atoms with van der Waals surface area (Å²) >= 11 is 0. The zero-order valence-electron chi connectivity index (χ0n) is 11.4. The standard InChI is InChI=1S/C14H17N3O2/c1-8-6-11-14(19-5-4-18-11)13(9(8)2)10-7-12(15)17(3)16-10/h6-7H,4-5,15H2,1-3H3. The minimum atomic E-state index is 0.560. The van der Waals surface area contributed by atoms with E-state index in [9.17, 15) is 0 Å². The van der Waals surface area contributed by atoms with Crippen molar-refractivity contribution in [1.29, 1.82) is 0 Å². The van der Waals surface area contributed by atoms with E-state index < -0.39 is 0 Å². The van der Waals surface area contributed by atoms with Gasteiger partial charge in [0.1, 0.15) is 19.0 Å². The number of nitrogens with two attached hydrogens (primary N) is 1. The molecular weight excluding hydrogens is 242 g/mol. The molecule has 3 rings (SSSR count). The molecule has 2 aromatic rings. The smallest absolute Gasteiger partial charge is 0.171 e. The molecule has 1 aromatic carbocycles. The number of rotatable bonds is 1. The van der Waals surface area contributed by atoms with Gasteiger partial charge in [0.05, 0.1) is 11.3 Å². The molecule has 0 aliphatic carbocycles. The molecule has 5 nitrogen and oxygen atoms in total. The van der Waals surface area contributed by atoms with E-state index in [4.69, 9.17) is 15.2 Å². The van der Waals surface area contributed by atoms with Gasteiger partial charge in [0, 0.05) is 13.1 Å². The predicted octanol–water partition coefficient (Wildman–Crippen LogP) is 2.06. The molecule has 100 valence electrons. The summed E-state index contributed by atoms with van der Waals surface area (Å²) in [5.74, 6) is 2.18. The molecule has 5 heteroatoms. The van der Waals surface area contributed by atoms with Crippen molar-refractivity contribution in [3.05, 3.63) is 23.3 Å². The van der Waals surface area contributed by atoms with Crippen LogP contribution in [0, 0.1) is 13.8 Å². The van der Waals surface area contributed by atoms with Crippen molar-refractivity contribution < 1.29 is 9.47 Å². The summed E-state index contributed by atoms with van der Waals surface area (Å²) in [6, 6.07) is 3.87. The van der Waals surface area contributed by atoms with Gasteiger partial charge in [-0.15, -0.1) is 0 Å². The lowest BCUT2D eigenvalue weighted by molar-refractivity contribution is 0.172. The third-order valence-electron chi connectivity index (χ3n) is 3.52. The zero-order valence-corrected chi connectivity index (χ0v) is 11.4. The molecule has 0 atom stereocenters. The maximum absolute atomic E-state index is 5.87. The van der Waals surface area contributed by atoms with E-state index in [1.165, 1.54) is 0 Å². The Morgan fingerprint density at radius 1 is 1.21 bits per heavy atom. The first-order valence-electron chi connectivity index (χ1n) is 6.27. The van der Waals surface area contributed by atoms with Crippen molar-refractivity contribution in [3.63, 3.8) is 0 Å². The van der Waals surface area contributed by atoms with Crippen LogP contribution in [0.15, 0.2) is 12.1 Å². The van der Waals surface area contributed by atoms with Crippen LogP contribution in [-0.2, 0) is 7.05 Å². The van der Waals surface area contributed by atoms with Crippen molar-refractivity contribution in [3.8, 4) is 22.8 Å². The van der Waals surface area contributed by atoms with Crippen LogP contribution in [0.3, 0.4) is 0 Å². The molecule has 0 unspecified atom stereocenters. The summed E-state index contributed by atoms with van der Waals surface area (Å²) in [4.78, 5) is 0. The van der Waals surface area contributed by atoms with Crippen molar-refractivity contribution >= 4 is 5.82 Å². The molecule has 0 radical (unpaired) electrons. The second kappa shape index (κ2) is 4.19. The highest BCUT2D eigenvalue weighted by Gasteiger charge is 2.22. The molecule has 19 heavy (non-hydrogen) atoms. The van der Waals surface area contributed by atoms with Crippen LogP contribution in [0.5, 0.6) is 11.5 Å². The fourth-order valence-electron chi connectivity index (χ4n) is 2.32. The van der Waals surface area contributed by atoms with Crippen LogP contribution in [0.2, 0.25) is 0 Å². The summed E-state index contributed by atoms with van der Waals surface area (Å²) < 4.78 is 13.1. The predicted molar refractivity (Wildman–Crippen MR) is 73.5 cm³/mol. The third-order valence-corrected chi connectivity index (χ3v) is 3.52. The fourth-order valence-corrected chi connectivity index (χ4v) is 2.32. The number of hydrogen-bond acceptors (Lipinski definition) is 4. The van der Waals surface area contributed by atoms with Gasteiger partial charge < -0.3 is 15.2 Å². The molecule has 2 N–H and O–H groups in total. The van der Waals surface area contributed by atoms with Gasteiger partial charge in [-0.25, -0.2) is 0 Å². The Morgan fingerprint density at radius 2 is 1.95 bits per heavy atom. The lowest BCUT2D eigenvalue weighted by Gasteiger charge is -2.23. The van der Waals surface area contributed by atoms with Crippen LogP contribution in [0.25, 0.3) is 11.3 Å². The Morgan fingerprint density at radius 3 is 2.63 bits per heavy atom. The molecule has 0 fully saturated rings. The molecule has 1 aromatic heterocycles. The molecule has 0 amide bonds. The Bertz CT molecular complexity index is 627. The molecule has 1 aliphatic rings. The van der Waals surface area contributed by atoms with Crippen LogP contribution >= 0.6 is 0 Å². The van der Waals surface area contributed by atoms with E-state index in [1.54, 1.807) is 4.68 Å². The van der Waals surface area contributed by atoms with E-state index in [-0.39, 0.29) is 0 Å². The first-order chi connectivity index (χ1) is 9.08. The molecule has 0 saturated heterocycles. The van der Waals surface area contributed by atoms with E-state index in [0.717, 1.165) is 33.9 Å². The van der Waals surface area contributed by atoms with E-state index in [0.29, 0.717) is 19.0 Å². The summed E-state index contributed by atoms with van der Waals surface area (Å²) in [5.41, 5.74) is 9.96. The lowest BCUT2D eigenvalue weighted by Crippen LogP contribution is -2.16. The summed E-state index contributed by atoms with van der Waals surface area (Å²) in [5, 5.41) is 4.45. The average Bonchev–Trinajstić information content (AvgIpc) is 2.71. The second-order valence-electron chi connectivity index (χ2n) is 4.80. The average molecular weight is 259 g/mol. The Balaban J connectivity index is 2.26. The number of fused-ring (bicyclic) bond motifs is 1. The Kier molecular flexibility index (Phi) is 2.62. The number of hydrogen-bond donors (Lipinski definition) is 1. The normalized spacial score (nSPS) is 13.6. The van der Waals surface area contributed by atoms with E-state index in [2.05, 4.69) is 18.9 Å². The third kappa shape index (κ3) is 1.82. The first-order valence-corrected chi connectivity index (χ1v) is 6.27. The molecule has 2 heterocycles. The number of benzene rings is 1. The Labute approximate surface area is 111 Å². The number of nitrogens with zero attached hydrogens (tertiary/aromatic N) is 2. The van der Waals surface area contributed by atoms with Gasteiger partial charge in [-0.05, 0) is 31.0 Å². The van der Waals surface area contributed by atoms with Crippen LogP contribution in [-0.4, -0.2) is 23.0 Å². The highest BCUT2D eigenvalue weighted by Crippen LogP contribution is 2.43. The van der Waals surface area contributed by atoms with Crippen molar-refractivity contribution in [2.45, 2.75) is 13.8 Å². The monoisotopic (exact) mass is 259 g/mol. The highest BCUT2D eigenvalue weighted by atomic mass is 16.6. The van der Waals surface area contributed by atoms with Gasteiger partial charge in [-0.1, -0.05) is 0 Å². The second-order valence-corrected chi connectivity index (χ2v) is 4.80. The maximum Gasteiger partial charge on any atom is 0.171 e. The molecule has 0 bridgehead atoms. The number of nitrogen functional groups attached to an aromatic ring is 1. The van der Waals surface area contributed by atoms with Gasteiger partial charge in [-0.2, -0.15) is 5.10 Å². The SMILES string of the molecule is Cc1cc2c(c(-c3cc(N)n(C)n3)c1C)OCCO2. The fraction of sp³-hybridized carbons (Fsp3) is 0.357. The van der Waals surface area contributed by atoms with Gasteiger partial charge in [-0.3, -0.25) is 4.68 Å². The van der Waals surface area contributed by atoms with E-state index >= 15 is 0 Å². The van der Waals surface area contributed by atoms with Gasteiger partial charge in [0.15, 0.2) is 11.5 Å². The highest BCUT2D eigenvalue weighted by molar-refractivity contribution is 5.77. The summed E-state index contributed by atoms with van der Waals surface area (Å²) in [6.07, 6.45) is 0. The summed E-state index contributed by atoms with van der Waals surface area (Å²) in [6.45, 7) is 5.27. The van der Waals surface area contributed by atoms with Crippen molar-refractivity contribution in [2.75, 3.05) is 18.9 Å². The quantitative estimate of drug-likeness (QED) is 0.851. The van der Waals surface area contributed by atoms with Gasteiger partial charge >= 0.3 is 0 Å². The van der Waals surface area contributed by atoms with Crippen LogP contribution in [0.1, 0.15) is 11.1 Å². The minimum absolute atomic E-state index is 0.560. The lowest BCUT2D eigenvalue weighted by atomic mass is 9.98. The van der Waals surface area contributed by atoms with E-state index in [1.807, 2.05) is 19.2 Å². The summed E-state index contributed by atoms with van der Waals surface area (Å²) in [7, 11) is 1.83. The number of anilines is 1. The van der Waals surface area contributed by atoms with Crippen LogP contribution in [0.4, 0.5) is 5.82 Å². The van der Waals surface area contributed by atoms with Crippen molar-refractivity contribution in [1.82, 2.24) is 9.78 Å².